The van der Waals surface area contributed by atoms with Crippen LogP contribution in [0, 0.1) is 5.41 Å². The van der Waals surface area contributed by atoms with Crippen LogP contribution in [0.15, 0.2) is 65.7 Å². The Bertz CT molecular complexity index is 1580. The van der Waals surface area contributed by atoms with E-state index in [-0.39, 0.29) is 11.8 Å². The number of rotatable bonds is 11. The number of aromatic nitrogens is 5. The first-order chi connectivity index (χ1) is 20.4. The molecule has 0 saturated carbocycles. The van der Waals surface area contributed by atoms with Gasteiger partial charge in [-0.25, -0.2) is 19.6 Å². The molecule has 43 heavy (non-hydrogen) atoms. The molecule has 0 amide bonds. The Morgan fingerprint density at radius 3 is 2.33 bits per heavy atom. The summed E-state index contributed by atoms with van der Waals surface area (Å²) in [5.74, 6) is -1.24. The van der Waals surface area contributed by atoms with Crippen molar-refractivity contribution in [3.8, 4) is 17.4 Å². The van der Waals surface area contributed by atoms with Crippen LogP contribution in [0.1, 0.15) is 23.0 Å². The molecule has 2 aromatic carbocycles. The Morgan fingerprint density at radius 1 is 1.12 bits per heavy atom. The molecule has 4 rings (SSSR count). The third-order valence-electron chi connectivity index (χ3n) is 5.47. The van der Waals surface area contributed by atoms with E-state index in [4.69, 9.17) is 35.3 Å². The van der Waals surface area contributed by atoms with Crippen LogP contribution in [0.5, 0.6) is 11.5 Å². The highest BCUT2D eigenvalue weighted by molar-refractivity contribution is 5.95. The van der Waals surface area contributed by atoms with Gasteiger partial charge in [-0.3, -0.25) is 10.4 Å². The second-order valence-corrected chi connectivity index (χ2v) is 8.40. The third-order valence-corrected chi connectivity index (χ3v) is 5.47. The molecule has 0 aliphatic rings. The van der Waals surface area contributed by atoms with E-state index in [1.165, 1.54) is 12.4 Å². The first kappa shape index (κ1) is 32.1. The van der Waals surface area contributed by atoms with Crippen molar-refractivity contribution >= 4 is 17.5 Å². The average Bonchev–Trinajstić information content (AvgIpc) is 3.37. The minimum absolute atomic E-state index is 0.0298. The Balaban J connectivity index is 0.000000646. The van der Waals surface area contributed by atoms with Gasteiger partial charge in [0, 0.05) is 30.8 Å². The van der Waals surface area contributed by atoms with Gasteiger partial charge in [-0.1, -0.05) is 6.07 Å². The number of amidine groups is 1. The van der Waals surface area contributed by atoms with Gasteiger partial charge in [-0.2, -0.15) is 13.2 Å². The van der Waals surface area contributed by atoms with Crippen molar-refractivity contribution in [3.05, 3.63) is 88.4 Å². The third kappa shape index (κ3) is 8.77. The normalized spacial score (nSPS) is 11.6. The maximum absolute atomic E-state index is 12.7. The summed E-state index contributed by atoms with van der Waals surface area (Å²) in [6.45, 7) is 0.802. The number of nitrogens with zero attached hydrogens (tertiary/aromatic N) is 4. The Morgan fingerprint density at radius 2 is 1.77 bits per heavy atom. The molecule has 0 fully saturated rings. The molecule has 0 radical (unpaired) electrons. The van der Waals surface area contributed by atoms with Gasteiger partial charge >= 0.3 is 17.8 Å². The number of ether oxygens (including phenoxy) is 3. The molecule has 17 heteroatoms. The molecule has 2 heterocycles. The van der Waals surface area contributed by atoms with Crippen LogP contribution in [0.2, 0.25) is 0 Å². The van der Waals surface area contributed by atoms with Gasteiger partial charge in [-0.15, -0.1) is 9.78 Å². The van der Waals surface area contributed by atoms with E-state index in [9.17, 15) is 18.0 Å². The van der Waals surface area contributed by atoms with Crippen LogP contribution in [0.3, 0.4) is 0 Å². The number of alkyl halides is 3. The number of carboxylic acid groups (broad SMARTS) is 1. The van der Waals surface area contributed by atoms with E-state index in [0.29, 0.717) is 36.1 Å². The largest absolute Gasteiger partial charge is 0.493 e. The number of carboxylic acids is 1. The van der Waals surface area contributed by atoms with Crippen molar-refractivity contribution in [2.75, 3.05) is 32.8 Å². The van der Waals surface area contributed by atoms with Crippen molar-refractivity contribution in [2.24, 2.45) is 5.73 Å². The minimum Gasteiger partial charge on any atom is -0.493 e. The van der Waals surface area contributed by atoms with E-state index < -0.39 is 23.9 Å². The predicted molar refractivity (Wildman–Crippen MR) is 147 cm³/mol. The molecule has 228 valence electrons. The molecule has 0 aliphatic carbocycles. The number of aliphatic carboxylic acids is 1. The van der Waals surface area contributed by atoms with Crippen molar-refractivity contribution in [3.63, 3.8) is 0 Å². The summed E-state index contributed by atoms with van der Waals surface area (Å²) in [5, 5.41) is 22.6. The predicted octanol–water partition coefficient (Wildman–Crippen LogP) is 2.50. The van der Waals surface area contributed by atoms with Gasteiger partial charge in [0.05, 0.1) is 13.7 Å². The summed E-state index contributed by atoms with van der Waals surface area (Å²) in [6, 6.07) is 13.5. The molecular weight excluding hydrogens is 577 g/mol. The van der Waals surface area contributed by atoms with E-state index in [0.717, 1.165) is 15.9 Å². The van der Waals surface area contributed by atoms with E-state index >= 15 is 0 Å². The quantitative estimate of drug-likeness (QED) is 0.0956. The highest BCUT2D eigenvalue weighted by Gasteiger charge is 2.38. The summed E-state index contributed by atoms with van der Waals surface area (Å²) < 4.78 is 49.2. The SMILES string of the molecule is COCCOc1ccc(C(Nc2ccc(C(=N)N)cc2)c2nn(-c3ncccn3)c(=O)[nH]2)cc1OC.O=C(O)C(F)(F)F. The van der Waals surface area contributed by atoms with Crippen molar-refractivity contribution in [2.45, 2.75) is 12.2 Å². The summed E-state index contributed by atoms with van der Waals surface area (Å²) in [4.78, 5) is 32.6. The number of nitrogen functional groups attached to an aromatic ring is 1. The zero-order valence-corrected chi connectivity index (χ0v) is 22.8. The molecule has 0 bridgehead atoms. The van der Waals surface area contributed by atoms with Crippen LogP contribution < -0.4 is 26.2 Å². The van der Waals surface area contributed by atoms with E-state index in [1.807, 2.05) is 6.07 Å². The Labute approximate surface area is 241 Å². The molecule has 14 nitrogen and oxygen atoms in total. The standard InChI is InChI=1S/C24H26N8O4.C2HF3O2/c1-34-12-13-36-18-9-6-16(14-19(18)35-2)20(29-17-7-4-15(5-8-17)21(25)26)22-30-24(33)32(31-22)23-27-10-3-11-28-23;3-2(4,5)1(6)7/h3-11,14,20,29H,12-13H2,1-2H3,(H3,25,26)(H,30,31,33);(H,6,7). The zero-order valence-electron chi connectivity index (χ0n) is 22.8. The average molecular weight is 605 g/mol. The highest BCUT2D eigenvalue weighted by Crippen LogP contribution is 2.33. The lowest BCUT2D eigenvalue weighted by Gasteiger charge is -2.20. The minimum atomic E-state index is -5.08. The number of carbonyl (C=O) groups is 1. The number of nitrogens with two attached hydrogens (primary N) is 1. The van der Waals surface area contributed by atoms with Crippen molar-refractivity contribution in [1.29, 1.82) is 5.41 Å². The van der Waals surface area contributed by atoms with Crippen molar-refractivity contribution in [1.82, 2.24) is 24.7 Å². The summed E-state index contributed by atoms with van der Waals surface area (Å²) >= 11 is 0. The smallest absolute Gasteiger partial charge is 0.490 e. The lowest BCUT2D eigenvalue weighted by Crippen LogP contribution is -2.21. The topological polar surface area (TPSA) is 203 Å². The zero-order chi connectivity index (χ0) is 31.6. The van der Waals surface area contributed by atoms with Gasteiger partial charge in [0.2, 0.25) is 0 Å². The summed E-state index contributed by atoms with van der Waals surface area (Å²) in [6.07, 6.45) is -2.02. The van der Waals surface area contributed by atoms with Gasteiger partial charge in [0.15, 0.2) is 17.3 Å². The van der Waals surface area contributed by atoms with E-state index in [1.54, 1.807) is 56.7 Å². The highest BCUT2D eigenvalue weighted by atomic mass is 19.4. The van der Waals surface area contributed by atoms with Crippen LogP contribution in [0.25, 0.3) is 5.95 Å². The molecule has 1 atom stereocenters. The van der Waals surface area contributed by atoms with Gasteiger partial charge in [-0.05, 0) is 48.0 Å². The lowest BCUT2D eigenvalue weighted by molar-refractivity contribution is -0.192. The number of nitrogens with one attached hydrogen (secondary N) is 3. The first-order valence-electron chi connectivity index (χ1n) is 12.2. The second-order valence-electron chi connectivity index (χ2n) is 8.40. The molecule has 2 aromatic heterocycles. The number of benzene rings is 2. The first-order valence-corrected chi connectivity index (χ1v) is 12.2. The molecular formula is C26H27F3N8O6. The Hall–Kier alpha value is -5.45. The van der Waals surface area contributed by atoms with Crippen LogP contribution in [-0.2, 0) is 9.53 Å². The molecule has 4 aromatic rings. The number of anilines is 1. The van der Waals surface area contributed by atoms with Crippen LogP contribution in [-0.4, -0.2) is 75.3 Å². The molecule has 0 saturated heterocycles. The fraction of sp³-hybridized carbons (Fsp3) is 0.231. The number of halogens is 3. The maximum Gasteiger partial charge on any atom is 0.490 e. The summed E-state index contributed by atoms with van der Waals surface area (Å²) in [7, 11) is 3.15. The Kier molecular flexibility index (Phi) is 10.8. The summed E-state index contributed by atoms with van der Waals surface area (Å²) in [5.41, 5.74) is 7.15. The maximum atomic E-state index is 12.7. The molecule has 6 N–H and O–H groups in total. The second kappa shape index (κ2) is 14.4. The van der Waals surface area contributed by atoms with Crippen LogP contribution >= 0.6 is 0 Å². The van der Waals surface area contributed by atoms with Gasteiger partial charge < -0.3 is 30.4 Å². The molecule has 0 spiro atoms. The number of aromatic amines is 1. The van der Waals surface area contributed by atoms with Crippen LogP contribution in [0.4, 0.5) is 18.9 Å². The number of hydrogen-bond donors (Lipinski definition) is 5. The van der Waals surface area contributed by atoms with Gasteiger partial charge in [0.25, 0.3) is 5.95 Å². The molecule has 0 aliphatic heterocycles. The van der Waals surface area contributed by atoms with Crippen molar-refractivity contribution < 1.29 is 37.3 Å². The molecule has 1 unspecified atom stereocenters. The fourth-order valence-corrected chi connectivity index (χ4v) is 3.45. The number of H-pyrrole nitrogens is 1. The van der Waals surface area contributed by atoms with E-state index in [2.05, 4.69) is 25.4 Å². The number of methoxy groups -OCH3 is 2. The fourth-order valence-electron chi connectivity index (χ4n) is 3.45. The lowest BCUT2D eigenvalue weighted by atomic mass is 10.0. The van der Waals surface area contributed by atoms with Gasteiger partial charge in [0.1, 0.15) is 18.5 Å². The monoisotopic (exact) mass is 604 g/mol. The number of hydrogen-bond acceptors (Lipinski definition) is 10.